The molecule has 5 nitrogen and oxygen atoms in total. The van der Waals surface area contributed by atoms with E-state index < -0.39 is 10.0 Å². The molecular formula is C10H12BrN3O2S. The molecule has 1 N–H and O–H groups in total. The van der Waals surface area contributed by atoms with Gasteiger partial charge in [-0.05, 0) is 28.1 Å². The Morgan fingerprint density at radius 1 is 1.47 bits per heavy atom. The molecule has 0 atom stereocenters. The van der Waals surface area contributed by atoms with Gasteiger partial charge in [0.2, 0.25) is 10.0 Å². The summed E-state index contributed by atoms with van der Waals surface area (Å²) in [6.07, 6.45) is 3.60. The number of imidazole rings is 1. The second-order valence-corrected chi connectivity index (χ2v) is 6.28. The van der Waals surface area contributed by atoms with Crippen molar-refractivity contribution >= 4 is 31.5 Å². The Kier molecular flexibility index (Phi) is 3.50. The number of sulfonamides is 1. The Labute approximate surface area is 108 Å². The van der Waals surface area contributed by atoms with Crippen LogP contribution in [-0.2, 0) is 16.4 Å². The fourth-order valence-corrected chi connectivity index (χ4v) is 2.59. The Bertz CT molecular complexity index is 636. The van der Waals surface area contributed by atoms with Crippen LogP contribution < -0.4 is 4.72 Å². The maximum absolute atomic E-state index is 10.9. The first-order valence-corrected chi connectivity index (χ1v) is 7.72. The van der Waals surface area contributed by atoms with Gasteiger partial charge in [0.15, 0.2) is 0 Å². The minimum absolute atomic E-state index is 0.347. The molecule has 0 bridgehead atoms. The Hall–Kier alpha value is -0.920. The summed E-state index contributed by atoms with van der Waals surface area (Å²) in [5.41, 5.74) is 0.974. The van der Waals surface area contributed by atoms with Crippen LogP contribution in [0.3, 0.4) is 0 Å². The highest BCUT2D eigenvalue weighted by Crippen LogP contribution is 2.18. The number of fused-ring (bicyclic) bond motifs is 1. The average Bonchev–Trinajstić information content (AvgIpc) is 2.55. The SMILES string of the molecule is CS(=O)(=O)NCCc1nc(Br)c2ccccn12. The molecule has 17 heavy (non-hydrogen) atoms. The molecule has 7 heteroatoms. The van der Waals surface area contributed by atoms with E-state index in [4.69, 9.17) is 0 Å². The minimum atomic E-state index is -3.14. The van der Waals surface area contributed by atoms with Gasteiger partial charge in [-0.1, -0.05) is 6.07 Å². The van der Waals surface area contributed by atoms with Crippen LogP contribution in [0.1, 0.15) is 5.82 Å². The zero-order chi connectivity index (χ0) is 12.5. The smallest absolute Gasteiger partial charge is 0.208 e. The van der Waals surface area contributed by atoms with Crippen molar-refractivity contribution in [2.24, 2.45) is 0 Å². The summed E-state index contributed by atoms with van der Waals surface area (Å²) in [6, 6.07) is 5.79. The summed E-state index contributed by atoms with van der Waals surface area (Å²) in [4.78, 5) is 4.35. The first kappa shape index (κ1) is 12.5. The summed E-state index contributed by atoms with van der Waals surface area (Å²) in [5.74, 6) is 0.823. The van der Waals surface area contributed by atoms with Gasteiger partial charge in [0.25, 0.3) is 0 Å². The number of aromatic nitrogens is 2. The van der Waals surface area contributed by atoms with Gasteiger partial charge in [-0.2, -0.15) is 0 Å². The summed E-state index contributed by atoms with van der Waals surface area (Å²) in [7, 11) is -3.14. The predicted octanol–water partition coefficient (Wildman–Crippen LogP) is 1.19. The molecule has 0 saturated heterocycles. The molecule has 0 radical (unpaired) electrons. The van der Waals surface area contributed by atoms with Crippen LogP contribution in [0.2, 0.25) is 0 Å². The maximum Gasteiger partial charge on any atom is 0.208 e. The Balaban J connectivity index is 2.19. The van der Waals surface area contributed by atoms with E-state index in [-0.39, 0.29) is 0 Å². The third-order valence-corrected chi connectivity index (χ3v) is 3.60. The van der Waals surface area contributed by atoms with Gasteiger partial charge in [-0.3, -0.25) is 0 Å². The average molecular weight is 318 g/mol. The van der Waals surface area contributed by atoms with Gasteiger partial charge in [0, 0.05) is 19.2 Å². The van der Waals surface area contributed by atoms with Crippen LogP contribution in [0.5, 0.6) is 0 Å². The largest absolute Gasteiger partial charge is 0.302 e. The van der Waals surface area contributed by atoms with Crippen molar-refractivity contribution in [1.29, 1.82) is 0 Å². The quantitative estimate of drug-likeness (QED) is 0.921. The molecule has 2 aromatic rings. The number of halogens is 1. The summed E-state index contributed by atoms with van der Waals surface area (Å²) >= 11 is 3.38. The molecule has 2 heterocycles. The molecule has 0 aromatic carbocycles. The molecule has 0 aliphatic heterocycles. The van der Waals surface area contributed by atoms with Gasteiger partial charge in [-0.25, -0.2) is 18.1 Å². The number of hydrogen-bond acceptors (Lipinski definition) is 3. The molecule has 0 aliphatic carbocycles. The second kappa shape index (κ2) is 4.75. The van der Waals surface area contributed by atoms with Crippen molar-refractivity contribution in [3.8, 4) is 0 Å². The Morgan fingerprint density at radius 2 is 2.24 bits per heavy atom. The minimum Gasteiger partial charge on any atom is -0.302 e. The molecule has 0 aliphatic rings. The van der Waals surface area contributed by atoms with Crippen LogP contribution in [0.15, 0.2) is 29.0 Å². The predicted molar refractivity (Wildman–Crippen MR) is 69.4 cm³/mol. The van der Waals surface area contributed by atoms with E-state index in [2.05, 4.69) is 25.6 Å². The van der Waals surface area contributed by atoms with Crippen molar-refractivity contribution in [1.82, 2.24) is 14.1 Å². The fraction of sp³-hybridized carbons (Fsp3) is 0.300. The first-order chi connectivity index (χ1) is 7.97. The summed E-state index contributed by atoms with van der Waals surface area (Å²) < 4.78 is 27.0. The molecule has 0 unspecified atom stereocenters. The number of hydrogen-bond donors (Lipinski definition) is 1. The van der Waals surface area contributed by atoms with Crippen molar-refractivity contribution < 1.29 is 8.42 Å². The highest BCUT2D eigenvalue weighted by Gasteiger charge is 2.08. The van der Waals surface area contributed by atoms with E-state index >= 15 is 0 Å². The fourth-order valence-electron chi connectivity index (χ4n) is 1.59. The lowest BCUT2D eigenvalue weighted by atomic mass is 10.4. The summed E-state index contributed by atoms with van der Waals surface area (Å²) in [5, 5.41) is 0. The highest BCUT2D eigenvalue weighted by atomic mass is 79.9. The number of nitrogens with one attached hydrogen (secondary N) is 1. The van der Waals surface area contributed by atoms with Gasteiger partial charge < -0.3 is 4.40 Å². The van der Waals surface area contributed by atoms with Crippen molar-refractivity contribution in [2.45, 2.75) is 6.42 Å². The lowest BCUT2D eigenvalue weighted by Crippen LogP contribution is -2.24. The van der Waals surface area contributed by atoms with Crippen LogP contribution in [-0.4, -0.2) is 30.6 Å². The third kappa shape index (κ3) is 3.05. The normalized spacial score (nSPS) is 12.1. The van der Waals surface area contributed by atoms with E-state index in [1.807, 2.05) is 28.8 Å². The van der Waals surface area contributed by atoms with Gasteiger partial charge in [0.05, 0.1) is 11.8 Å². The highest BCUT2D eigenvalue weighted by molar-refractivity contribution is 9.10. The summed E-state index contributed by atoms with van der Waals surface area (Å²) in [6.45, 7) is 0.347. The van der Waals surface area contributed by atoms with Gasteiger partial charge >= 0.3 is 0 Å². The van der Waals surface area contributed by atoms with Gasteiger partial charge in [0.1, 0.15) is 10.4 Å². The van der Waals surface area contributed by atoms with Gasteiger partial charge in [-0.15, -0.1) is 0 Å². The van der Waals surface area contributed by atoms with Crippen LogP contribution in [0.25, 0.3) is 5.52 Å². The topological polar surface area (TPSA) is 63.5 Å². The van der Waals surface area contributed by atoms with Crippen molar-refractivity contribution in [2.75, 3.05) is 12.8 Å². The first-order valence-electron chi connectivity index (χ1n) is 5.03. The molecule has 0 fully saturated rings. The van der Waals surface area contributed by atoms with E-state index in [0.717, 1.165) is 22.2 Å². The molecular weight excluding hydrogens is 306 g/mol. The standard InChI is InChI=1S/C10H12BrN3O2S/c1-17(15,16)12-6-5-9-13-10(11)8-4-2-3-7-14(8)9/h2-4,7,12H,5-6H2,1H3. The van der Waals surface area contributed by atoms with E-state index in [1.165, 1.54) is 0 Å². The molecule has 0 amide bonds. The van der Waals surface area contributed by atoms with Crippen LogP contribution >= 0.6 is 15.9 Å². The molecule has 92 valence electrons. The molecule has 2 rings (SSSR count). The van der Waals surface area contributed by atoms with E-state index in [1.54, 1.807) is 0 Å². The van der Waals surface area contributed by atoms with E-state index in [9.17, 15) is 8.42 Å². The van der Waals surface area contributed by atoms with E-state index in [0.29, 0.717) is 13.0 Å². The third-order valence-electron chi connectivity index (χ3n) is 2.29. The Morgan fingerprint density at radius 3 is 2.94 bits per heavy atom. The number of nitrogens with zero attached hydrogens (tertiary/aromatic N) is 2. The second-order valence-electron chi connectivity index (χ2n) is 3.69. The zero-order valence-corrected chi connectivity index (χ0v) is 11.6. The number of rotatable bonds is 4. The van der Waals surface area contributed by atoms with Crippen molar-refractivity contribution in [3.63, 3.8) is 0 Å². The number of pyridine rings is 1. The molecule has 2 aromatic heterocycles. The van der Waals surface area contributed by atoms with Crippen LogP contribution in [0.4, 0.5) is 0 Å². The van der Waals surface area contributed by atoms with Crippen molar-refractivity contribution in [3.05, 3.63) is 34.8 Å². The maximum atomic E-state index is 10.9. The zero-order valence-electron chi connectivity index (χ0n) is 9.22. The molecule has 0 spiro atoms. The van der Waals surface area contributed by atoms with Crippen LogP contribution in [0, 0.1) is 0 Å². The lowest BCUT2D eigenvalue weighted by Gasteiger charge is -2.01. The lowest BCUT2D eigenvalue weighted by molar-refractivity contribution is 0.587. The monoisotopic (exact) mass is 317 g/mol. The molecule has 0 saturated carbocycles.